The van der Waals surface area contributed by atoms with Gasteiger partial charge in [0.15, 0.2) is 17.2 Å². The van der Waals surface area contributed by atoms with Gasteiger partial charge in [-0.25, -0.2) is 4.79 Å². The molecule has 2 rings (SSSR count). The lowest BCUT2D eigenvalue weighted by Gasteiger charge is -2.30. The van der Waals surface area contributed by atoms with Gasteiger partial charge in [0, 0.05) is 31.1 Å². The normalized spacial score (nSPS) is 15.7. The van der Waals surface area contributed by atoms with Crippen LogP contribution >= 0.6 is 0 Å². The first-order valence-electron chi connectivity index (χ1n) is 6.48. The van der Waals surface area contributed by atoms with Crippen molar-refractivity contribution in [3.05, 3.63) is 12.1 Å². The smallest absolute Gasteiger partial charge is 0.321 e. The minimum atomic E-state index is -0.643. The van der Waals surface area contributed by atoms with Crippen LogP contribution in [0.25, 0.3) is 0 Å². The van der Waals surface area contributed by atoms with Gasteiger partial charge < -0.3 is 31.3 Å². The van der Waals surface area contributed by atoms with Gasteiger partial charge in [0.25, 0.3) is 0 Å². The molecule has 1 aliphatic heterocycles. The molecule has 1 aromatic rings. The van der Waals surface area contributed by atoms with Gasteiger partial charge in [0.1, 0.15) is 0 Å². The van der Waals surface area contributed by atoms with Gasteiger partial charge >= 0.3 is 6.03 Å². The van der Waals surface area contributed by atoms with Gasteiger partial charge in [0.05, 0.1) is 5.69 Å². The predicted molar refractivity (Wildman–Crippen MR) is 73.9 cm³/mol. The summed E-state index contributed by atoms with van der Waals surface area (Å²) in [6, 6.07) is 1.84. The first kappa shape index (κ1) is 14.8. The summed E-state index contributed by atoms with van der Waals surface area (Å²) >= 11 is 0. The second-order valence-corrected chi connectivity index (χ2v) is 4.96. The van der Waals surface area contributed by atoms with Gasteiger partial charge in [0.2, 0.25) is 5.91 Å². The molecule has 0 saturated carbocycles. The van der Waals surface area contributed by atoms with Gasteiger partial charge in [-0.15, -0.1) is 0 Å². The number of phenols is 3. The van der Waals surface area contributed by atoms with E-state index in [1.807, 2.05) is 0 Å². The van der Waals surface area contributed by atoms with Crippen molar-refractivity contribution in [3.63, 3.8) is 0 Å². The number of phenolic OH excluding ortho intramolecular Hbond substituents is 3. The Labute approximate surface area is 120 Å². The summed E-state index contributed by atoms with van der Waals surface area (Å²) < 4.78 is 0. The van der Waals surface area contributed by atoms with E-state index in [-0.39, 0.29) is 17.5 Å². The molecule has 1 aliphatic rings. The molecule has 0 aliphatic carbocycles. The molecule has 0 spiro atoms. The molecule has 3 amide bonds. The summed E-state index contributed by atoms with van der Waals surface area (Å²) in [7, 11) is 0. The Balaban J connectivity index is 1.98. The maximum absolute atomic E-state index is 12.0. The molecule has 1 heterocycles. The number of rotatable bonds is 2. The molecule has 0 radical (unpaired) electrons. The highest BCUT2D eigenvalue weighted by atomic mass is 16.3. The number of piperidine rings is 1. The topological polar surface area (TPSA) is 136 Å². The Morgan fingerprint density at radius 1 is 1.14 bits per heavy atom. The molecule has 0 bridgehead atoms. The van der Waals surface area contributed by atoms with Crippen LogP contribution in [-0.4, -0.2) is 45.2 Å². The van der Waals surface area contributed by atoms with Crippen LogP contribution in [0.1, 0.15) is 12.8 Å². The van der Waals surface area contributed by atoms with Crippen LogP contribution in [0.15, 0.2) is 12.1 Å². The number of primary amides is 1. The molecule has 8 heteroatoms. The van der Waals surface area contributed by atoms with E-state index in [4.69, 9.17) is 5.73 Å². The van der Waals surface area contributed by atoms with Gasteiger partial charge in [-0.2, -0.15) is 0 Å². The largest absolute Gasteiger partial charge is 0.504 e. The summed E-state index contributed by atoms with van der Waals surface area (Å²) in [6.45, 7) is 0.797. The van der Waals surface area contributed by atoms with E-state index in [2.05, 4.69) is 5.32 Å². The van der Waals surface area contributed by atoms with E-state index in [1.54, 1.807) is 0 Å². The summed E-state index contributed by atoms with van der Waals surface area (Å²) in [5, 5.41) is 30.5. The number of hydrogen-bond donors (Lipinski definition) is 5. The molecule has 0 unspecified atom stereocenters. The number of hydrogen-bond acceptors (Lipinski definition) is 5. The molecule has 0 atom stereocenters. The molecule has 6 N–H and O–H groups in total. The van der Waals surface area contributed by atoms with E-state index in [0.717, 1.165) is 12.1 Å². The van der Waals surface area contributed by atoms with E-state index in [9.17, 15) is 24.9 Å². The third-order valence-electron chi connectivity index (χ3n) is 3.51. The van der Waals surface area contributed by atoms with Crippen molar-refractivity contribution in [2.24, 2.45) is 11.7 Å². The van der Waals surface area contributed by atoms with Crippen molar-refractivity contribution in [1.29, 1.82) is 0 Å². The minimum absolute atomic E-state index is 0.157. The quantitative estimate of drug-likeness (QED) is 0.400. The first-order valence-corrected chi connectivity index (χ1v) is 6.48. The average Bonchev–Trinajstić information content (AvgIpc) is 2.44. The molecule has 0 aromatic heterocycles. The summed E-state index contributed by atoms with van der Waals surface area (Å²) in [6.07, 6.45) is 1.02. The maximum atomic E-state index is 12.0. The fraction of sp³-hybridized carbons (Fsp3) is 0.385. The average molecular weight is 295 g/mol. The SMILES string of the molecule is NC(=O)C1CCN(C(=O)Nc2cc(O)c(O)c(O)c2)CC1. The number of benzene rings is 1. The van der Waals surface area contributed by atoms with E-state index in [1.165, 1.54) is 4.90 Å². The van der Waals surface area contributed by atoms with Crippen molar-refractivity contribution in [1.82, 2.24) is 4.90 Å². The predicted octanol–water partition coefficient (Wildman–Crippen LogP) is 0.533. The highest BCUT2D eigenvalue weighted by Gasteiger charge is 2.26. The van der Waals surface area contributed by atoms with Crippen molar-refractivity contribution >= 4 is 17.6 Å². The second-order valence-electron chi connectivity index (χ2n) is 4.96. The summed E-state index contributed by atoms with van der Waals surface area (Å²) in [5.74, 6) is -2.27. The van der Waals surface area contributed by atoms with Crippen LogP contribution in [0.3, 0.4) is 0 Å². The number of likely N-dealkylation sites (tertiary alicyclic amines) is 1. The zero-order valence-electron chi connectivity index (χ0n) is 11.2. The first-order chi connectivity index (χ1) is 9.88. The number of carbonyl (C=O) groups excluding carboxylic acids is 2. The van der Waals surface area contributed by atoms with Gasteiger partial charge in [-0.1, -0.05) is 0 Å². The standard InChI is InChI=1S/C13H17N3O5/c14-12(20)7-1-3-16(4-2-7)13(21)15-8-5-9(17)11(19)10(18)6-8/h5-7,17-19H,1-4H2,(H2,14,20)(H,15,21). The molecule has 1 fully saturated rings. The Kier molecular flexibility index (Phi) is 4.06. The molecule has 114 valence electrons. The summed E-state index contributed by atoms with van der Waals surface area (Å²) in [4.78, 5) is 24.6. The second kappa shape index (κ2) is 5.78. The van der Waals surface area contributed by atoms with Crippen LogP contribution in [0.4, 0.5) is 10.5 Å². The Bertz CT molecular complexity index is 544. The number of aromatic hydroxyl groups is 3. The lowest BCUT2D eigenvalue weighted by atomic mass is 9.96. The van der Waals surface area contributed by atoms with E-state index in [0.29, 0.717) is 25.9 Å². The molecule has 21 heavy (non-hydrogen) atoms. The molecule has 1 aromatic carbocycles. The van der Waals surface area contributed by atoms with Crippen LogP contribution in [-0.2, 0) is 4.79 Å². The number of carbonyl (C=O) groups is 2. The number of nitrogens with two attached hydrogens (primary N) is 1. The maximum Gasteiger partial charge on any atom is 0.321 e. The van der Waals surface area contributed by atoms with Gasteiger partial charge in [-0.05, 0) is 12.8 Å². The number of urea groups is 1. The monoisotopic (exact) mass is 295 g/mol. The number of nitrogens with one attached hydrogen (secondary N) is 1. The Morgan fingerprint density at radius 2 is 1.67 bits per heavy atom. The van der Waals surface area contributed by atoms with Crippen LogP contribution in [0, 0.1) is 5.92 Å². The minimum Gasteiger partial charge on any atom is -0.504 e. The third-order valence-corrected chi connectivity index (χ3v) is 3.51. The fourth-order valence-electron chi connectivity index (χ4n) is 2.25. The van der Waals surface area contributed by atoms with E-state index >= 15 is 0 Å². The molecule has 8 nitrogen and oxygen atoms in total. The van der Waals surface area contributed by atoms with E-state index < -0.39 is 23.3 Å². The molecular weight excluding hydrogens is 278 g/mol. The third kappa shape index (κ3) is 3.28. The highest BCUT2D eigenvalue weighted by Crippen LogP contribution is 2.37. The summed E-state index contributed by atoms with van der Waals surface area (Å²) in [5.41, 5.74) is 5.38. The van der Waals surface area contributed by atoms with Crippen LogP contribution in [0.5, 0.6) is 17.2 Å². The zero-order valence-corrected chi connectivity index (χ0v) is 11.2. The number of anilines is 1. The van der Waals surface area contributed by atoms with Crippen molar-refractivity contribution in [2.75, 3.05) is 18.4 Å². The van der Waals surface area contributed by atoms with Crippen LogP contribution in [0.2, 0.25) is 0 Å². The van der Waals surface area contributed by atoms with Crippen molar-refractivity contribution < 1.29 is 24.9 Å². The molecule has 1 saturated heterocycles. The van der Waals surface area contributed by atoms with Gasteiger partial charge in [-0.3, -0.25) is 4.79 Å². The number of amides is 3. The fourth-order valence-corrected chi connectivity index (χ4v) is 2.25. The van der Waals surface area contributed by atoms with Crippen LogP contribution < -0.4 is 11.1 Å². The molecular formula is C13H17N3O5. The highest BCUT2D eigenvalue weighted by molar-refractivity contribution is 5.90. The Morgan fingerprint density at radius 3 is 2.14 bits per heavy atom. The Hall–Kier alpha value is -2.64. The lowest BCUT2D eigenvalue weighted by Crippen LogP contribution is -2.43. The van der Waals surface area contributed by atoms with Crippen molar-refractivity contribution in [2.45, 2.75) is 12.8 Å². The number of nitrogens with zero attached hydrogens (tertiary/aromatic N) is 1. The van der Waals surface area contributed by atoms with Crippen molar-refractivity contribution in [3.8, 4) is 17.2 Å². The zero-order chi connectivity index (χ0) is 15.6. The lowest BCUT2D eigenvalue weighted by molar-refractivity contribution is -0.122.